The molecule has 1 N–H and O–H groups in total. The summed E-state index contributed by atoms with van der Waals surface area (Å²) in [6.07, 6.45) is 0.402. The molecule has 1 aliphatic rings. The second-order valence-electron chi connectivity index (χ2n) is 5.43. The van der Waals surface area contributed by atoms with Crippen LogP contribution in [0, 0.1) is 0 Å². The highest BCUT2D eigenvalue weighted by Gasteiger charge is 2.20. The summed E-state index contributed by atoms with van der Waals surface area (Å²) in [5, 5.41) is 2.80. The lowest BCUT2D eigenvalue weighted by Gasteiger charge is -2.34. The lowest BCUT2D eigenvalue weighted by atomic mass is 10.2. The van der Waals surface area contributed by atoms with E-state index >= 15 is 0 Å². The van der Waals surface area contributed by atoms with Crippen LogP contribution in [0.1, 0.15) is 18.9 Å². The molecule has 2 amide bonds. The van der Waals surface area contributed by atoms with Gasteiger partial charge in [0.25, 0.3) is 0 Å². The third kappa shape index (κ3) is 5.19. The van der Waals surface area contributed by atoms with Gasteiger partial charge >= 0.3 is 6.03 Å². The van der Waals surface area contributed by atoms with Gasteiger partial charge in [0.15, 0.2) is 0 Å². The number of benzene rings is 1. The van der Waals surface area contributed by atoms with Crippen LogP contribution in [0.5, 0.6) is 0 Å². The molecule has 5 nitrogen and oxygen atoms in total. The number of Topliss-reactive ketones (excluding diaryl/α,β-unsaturated/α-hetero) is 1. The van der Waals surface area contributed by atoms with Gasteiger partial charge in [-0.3, -0.25) is 9.69 Å². The van der Waals surface area contributed by atoms with Crippen molar-refractivity contribution in [3.05, 3.63) is 35.9 Å². The number of nitrogens with zero attached hydrogens (tertiary/aromatic N) is 2. The molecule has 1 saturated heterocycles. The van der Waals surface area contributed by atoms with E-state index in [1.165, 1.54) is 12.5 Å². The number of carbonyl (C=O) groups is 2. The minimum Gasteiger partial charge on any atom is -0.338 e. The number of amides is 2. The summed E-state index contributed by atoms with van der Waals surface area (Å²) >= 11 is 0. The molecule has 1 aromatic carbocycles. The molecule has 1 fully saturated rings. The Morgan fingerprint density at radius 3 is 2.38 bits per heavy atom. The van der Waals surface area contributed by atoms with Gasteiger partial charge in [0, 0.05) is 45.7 Å². The van der Waals surface area contributed by atoms with Gasteiger partial charge in [-0.2, -0.15) is 0 Å². The van der Waals surface area contributed by atoms with E-state index in [-0.39, 0.29) is 11.8 Å². The van der Waals surface area contributed by atoms with E-state index < -0.39 is 0 Å². The van der Waals surface area contributed by atoms with Crippen LogP contribution in [-0.2, 0) is 11.3 Å². The first-order chi connectivity index (χ1) is 10.1. The molecular formula is C16H23N3O2. The molecule has 2 rings (SSSR count). The average Bonchev–Trinajstić information content (AvgIpc) is 2.48. The molecule has 0 atom stereocenters. The fourth-order valence-electron chi connectivity index (χ4n) is 2.41. The van der Waals surface area contributed by atoms with Crippen LogP contribution in [0.3, 0.4) is 0 Å². The van der Waals surface area contributed by atoms with Crippen molar-refractivity contribution in [3.63, 3.8) is 0 Å². The first kappa shape index (κ1) is 15.5. The van der Waals surface area contributed by atoms with E-state index in [0.29, 0.717) is 13.0 Å². The highest BCUT2D eigenvalue weighted by molar-refractivity contribution is 5.78. The Hall–Kier alpha value is -1.88. The fourth-order valence-corrected chi connectivity index (χ4v) is 2.41. The normalized spacial score (nSPS) is 15.8. The summed E-state index contributed by atoms with van der Waals surface area (Å²) in [5.41, 5.74) is 1.30. The molecule has 0 radical (unpaired) electrons. The van der Waals surface area contributed by atoms with Gasteiger partial charge in [-0.15, -0.1) is 0 Å². The fraction of sp³-hybridized carbons (Fsp3) is 0.500. The molecule has 0 aliphatic carbocycles. The molecule has 0 aromatic heterocycles. The number of nitrogens with one attached hydrogen (secondary N) is 1. The van der Waals surface area contributed by atoms with Crippen LogP contribution < -0.4 is 5.32 Å². The standard InChI is InChI=1S/C16H23N3O2/c1-14(20)7-8-17-16(21)19-11-9-18(10-12-19)13-15-5-3-2-4-6-15/h2-6H,7-13H2,1H3,(H,17,21). The van der Waals surface area contributed by atoms with Gasteiger partial charge in [0.1, 0.15) is 5.78 Å². The first-order valence-corrected chi connectivity index (χ1v) is 7.43. The highest BCUT2D eigenvalue weighted by Crippen LogP contribution is 2.08. The predicted molar refractivity (Wildman–Crippen MR) is 82.0 cm³/mol. The number of ketones is 1. The smallest absolute Gasteiger partial charge is 0.317 e. The molecule has 1 heterocycles. The number of hydrogen-bond acceptors (Lipinski definition) is 3. The molecule has 0 unspecified atom stereocenters. The number of carbonyl (C=O) groups excluding carboxylic acids is 2. The van der Waals surface area contributed by atoms with E-state index in [4.69, 9.17) is 0 Å². The summed E-state index contributed by atoms with van der Waals surface area (Å²) < 4.78 is 0. The summed E-state index contributed by atoms with van der Waals surface area (Å²) in [7, 11) is 0. The second kappa shape index (κ2) is 7.78. The SMILES string of the molecule is CC(=O)CCNC(=O)N1CCN(Cc2ccccc2)CC1. The summed E-state index contributed by atoms with van der Waals surface area (Å²) in [6.45, 7) is 6.13. The summed E-state index contributed by atoms with van der Waals surface area (Å²) in [6, 6.07) is 10.3. The average molecular weight is 289 g/mol. The van der Waals surface area contributed by atoms with Gasteiger partial charge in [0.05, 0.1) is 0 Å². The van der Waals surface area contributed by atoms with Crippen molar-refractivity contribution in [2.45, 2.75) is 19.9 Å². The van der Waals surface area contributed by atoms with Crippen molar-refractivity contribution in [2.75, 3.05) is 32.7 Å². The van der Waals surface area contributed by atoms with Crippen molar-refractivity contribution in [2.24, 2.45) is 0 Å². The number of urea groups is 1. The van der Waals surface area contributed by atoms with Crippen molar-refractivity contribution in [3.8, 4) is 0 Å². The second-order valence-corrected chi connectivity index (χ2v) is 5.43. The van der Waals surface area contributed by atoms with Crippen LogP contribution in [-0.4, -0.2) is 54.3 Å². The van der Waals surface area contributed by atoms with Gasteiger partial charge < -0.3 is 10.2 Å². The van der Waals surface area contributed by atoms with Crippen LogP contribution >= 0.6 is 0 Å². The molecule has 0 saturated carbocycles. The van der Waals surface area contributed by atoms with Crippen LogP contribution in [0.25, 0.3) is 0 Å². The Labute approximate surface area is 125 Å². The zero-order valence-electron chi connectivity index (χ0n) is 12.5. The molecule has 0 spiro atoms. The third-order valence-electron chi connectivity index (χ3n) is 3.66. The molecule has 5 heteroatoms. The topological polar surface area (TPSA) is 52.7 Å². The quantitative estimate of drug-likeness (QED) is 0.893. The van der Waals surface area contributed by atoms with E-state index in [1.807, 2.05) is 23.1 Å². The van der Waals surface area contributed by atoms with Crippen LogP contribution in [0.4, 0.5) is 4.79 Å². The van der Waals surface area contributed by atoms with Crippen LogP contribution in [0.15, 0.2) is 30.3 Å². The minimum atomic E-state index is -0.0596. The Kier molecular flexibility index (Phi) is 5.75. The number of rotatable bonds is 5. The van der Waals surface area contributed by atoms with E-state index in [9.17, 15) is 9.59 Å². The molecule has 21 heavy (non-hydrogen) atoms. The lowest BCUT2D eigenvalue weighted by Crippen LogP contribution is -2.51. The van der Waals surface area contributed by atoms with Crippen molar-refractivity contribution < 1.29 is 9.59 Å². The molecule has 1 aliphatic heterocycles. The first-order valence-electron chi connectivity index (χ1n) is 7.43. The van der Waals surface area contributed by atoms with Gasteiger partial charge in [-0.05, 0) is 12.5 Å². The Morgan fingerprint density at radius 1 is 1.10 bits per heavy atom. The maximum atomic E-state index is 11.9. The maximum Gasteiger partial charge on any atom is 0.317 e. The van der Waals surface area contributed by atoms with E-state index in [0.717, 1.165) is 32.7 Å². The van der Waals surface area contributed by atoms with E-state index in [1.54, 1.807) is 0 Å². The highest BCUT2D eigenvalue weighted by atomic mass is 16.2. The van der Waals surface area contributed by atoms with Crippen molar-refractivity contribution in [1.82, 2.24) is 15.1 Å². The number of hydrogen-bond donors (Lipinski definition) is 1. The van der Waals surface area contributed by atoms with Gasteiger partial charge in [0.2, 0.25) is 0 Å². The lowest BCUT2D eigenvalue weighted by molar-refractivity contribution is -0.116. The Bertz CT molecular complexity index is 468. The summed E-state index contributed by atoms with van der Waals surface area (Å²) in [4.78, 5) is 27.0. The molecule has 0 bridgehead atoms. The Balaban J connectivity index is 1.70. The monoisotopic (exact) mass is 289 g/mol. The zero-order valence-corrected chi connectivity index (χ0v) is 12.5. The molecule has 114 valence electrons. The van der Waals surface area contributed by atoms with E-state index in [2.05, 4.69) is 22.3 Å². The predicted octanol–water partition coefficient (Wildman–Crippen LogP) is 1.49. The van der Waals surface area contributed by atoms with Gasteiger partial charge in [-0.1, -0.05) is 30.3 Å². The minimum absolute atomic E-state index is 0.0596. The van der Waals surface area contributed by atoms with Crippen LogP contribution in [0.2, 0.25) is 0 Å². The largest absolute Gasteiger partial charge is 0.338 e. The van der Waals surface area contributed by atoms with Crippen molar-refractivity contribution >= 4 is 11.8 Å². The maximum absolute atomic E-state index is 11.9. The molecule has 1 aromatic rings. The van der Waals surface area contributed by atoms with Crippen molar-refractivity contribution in [1.29, 1.82) is 0 Å². The van der Waals surface area contributed by atoms with Gasteiger partial charge in [-0.25, -0.2) is 4.79 Å². The number of piperazine rings is 1. The summed E-state index contributed by atoms with van der Waals surface area (Å²) in [5.74, 6) is 0.1000. The Morgan fingerprint density at radius 2 is 1.76 bits per heavy atom. The zero-order chi connectivity index (χ0) is 15.1. The molecular weight excluding hydrogens is 266 g/mol. The third-order valence-corrected chi connectivity index (χ3v) is 3.66.